The van der Waals surface area contributed by atoms with Crippen molar-refractivity contribution in [2.24, 2.45) is 0 Å². The first kappa shape index (κ1) is 17.1. The Balaban J connectivity index is 1.88. The van der Waals surface area contributed by atoms with E-state index in [0.29, 0.717) is 34.9 Å². The number of rotatable bonds is 3. The summed E-state index contributed by atoms with van der Waals surface area (Å²) in [4.78, 5) is 12.4. The quantitative estimate of drug-likeness (QED) is 0.879. The number of nitrogens with zero attached hydrogens (tertiary/aromatic N) is 1. The van der Waals surface area contributed by atoms with Crippen molar-refractivity contribution in [3.8, 4) is 0 Å². The summed E-state index contributed by atoms with van der Waals surface area (Å²) in [6.07, 6.45) is 1.82. The zero-order chi connectivity index (χ0) is 17.5. The number of benzene rings is 2. The fourth-order valence-corrected chi connectivity index (χ4v) is 4.09. The number of carbonyl (C=O) groups is 1. The Hall–Kier alpha value is -1.76. The van der Waals surface area contributed by atoms with Gasteiger partial charge in [0.1, 0.15) is 0 Å². The standard InChI is InChI=1S/C16H14Cl2N2O3S/c1-24(22,23)20-7-6-10-2-4-12(9-15(10)20)19-16(21)13-5-3-11(17)8-14(13)18/h2-5,8-9H,6-7H2,1H3,(H,19,21). The number of hydrogen-bond donors (Lipinski definition) is 1. The van der Waals surface area contributed by atoms with Gasteiger partial charge in [0.05, 0.1) is 22.5 Å². The van der Waals surface area contributed by atoms with Crippen LogP contribution in [0.3, 0.4) is 0 Å². The van der Waals surface area contributed by atoms with E-state index in [4.69, 9.17) is 23.2 Å². The Morgan fingerprint density at radius 2 is 1.92 bits per heavy atom. The van der Waals surface area contributed by atoms with Gasteiger partial charge in [-0.05, 0) is 42.3 Å². The van der Waals surface area contributed by atoms with E-state index in [0.717, 1.165) is 5.56 Å². The van der Waals surface area contributed by atoms with Gasteiger partial charge in [-0.25, -0.2) is 8.42 Å². The molecule has 0 radical (unpaired) electrons. The maximum atomic E-state index is 12.4. The minimum Gasteiger partial charge on any atom is -0.322 e. The van der Waals surface area contributed by atoms with E-state index in [-0.39, 0.29) is 10.9 Å². The van der Waals surface area contributed by atoms with E-state index in [1.165, 1.54) is 22.7 Å². The molecule has 0 atom stereocenters. The van der Waals surface area contributed by atoms with Crippen LogP contribution < -0.4 is 9.62 Å². The first-order valence-corrected chi connectivity index (χ1v) is 9.73. The van der Waals surface area contributed by atoms with Gasteiger partial charge >= 0.3 is 0 Å². The third-order valence-corrected chi connectivity index (χ3v) is 5.50. The van der Waals surface area contributed by atoms with Crippen molar-refractivity contribution >= 4 is 50.5 Å². The summed E-state index contributed by atoms with van der Waals surface area (Å²) < 4.78 is 25.0. The number of halogens is 2. The minimum atomic E-state index is -3.34. The van der Waals surface area contributed by atoms with Crippen LogP contribution in [-0.4, -0.2) is 27.1 Å². The van der Waals surface area contributed by atoms with Crippen LogP contribution in [0.5, 0.6) is 0 Å². The number of amides is 1. The average Bonchev–Trinajstić information content (AvgIpc) is 2.90. The molecule has 1 N–H and O–H groups in total. The second-order valence-electron chi connectivity index (χ2n) is 5.51. The number of hydrogen-bond acceptors (Lipinski definition) is 3. The van der Waals surface area contributed by atoms with E-state index < -0.39 is 10.0 Å². The number of sulfonamides is 1. The first-order chi connectivity index (χ1) is 11.3. The summed E-state index contributed by atoms with van der Waals surface area (Å²) >= 11 is 11.9. The zero-order valence-electron chi connectivity index (χ0n) is 12.7. The normalized spacial score (nSPS) is 13.7. The maximum absolute atomic E-state index is 12.4. The van der Waals surface area contributed by atoms with Crippen molar-refractivity contribution in [3.63, 3.8) is 0 Å². The summed E-state index contributed by atoms with van der Waals surface area (Å²) in [6.45, 7) is 0.411. The van der Waals surface area contributed by atoms with Crippen molar-refractivity contribution in [2.45, 2.75) is 6.42 Å². The van der Waals surface area contributed by atoms with Gasteiger partial charge in [-0.2, -0.15) is 0 Å². The molecule has 5 nitrogen and oxygen atoms in total. The smallest absolute Gasteiger partial charge is 0.257 e. The second kappa shape index (κ2) is 6.27. The molecule has 1 aliphatic heterocycles. The van der Waals surface area contributed by atoms with Crippen LogP contribution in [0.2, 0.25) is 10.0 Å². The van der Waals surface area contributed by atoms with Gasteiger partial charge in [0, 0.05) is 17.3 Å². The number of anilines is 2. The molecule has 0 spiro atoms. The molecule has 2 aromatic carbocycles. The maximum Gasteiger partial charge on any atom is 0.257 e. The molecule has 3 rings (SSSR count). The van der Waals surface area contributed by atoms with E-state index in [9.17, 15) is 13.2 Å². The summed E-state index contributed by atoms with van der Waals surface area (Å²) in [7, 11) is -3.34. The van der Waals surface area contributed by atoms with Crippen LogP contribution in [-0.2, 0) is 16.4 Å². The Labute approximate surface area is 150 Å². The third-order valence-electron chi connectivity index (χ3n) is 3.77. The highest BCUT2D eigenvalue weighted by atomic mass is 35.5. The fourth-order valence-electron chi connectivity index (χ4n) is 2.64. The van der Waals surface area contributed by atoms with Gasteiger partial charge in [0.2, 0.25) is 10.0 Å². The van der Waals surface area contributed by atoms with Crippen LogP contribution in [0.4, 0.5) is 11.4 Å². The molecule has 1 aliphatic rings. The molecule has 1 amide bonds. The van der Waals surface area contributed by atoms with Gasteiger partial charge in [-0.1, -0.05) is 29.3 Å². The zero-order valence-corrected chi connectivity index (χ0v) is 15.0. The van der Waals surface area contributed by atoms with Gasteiger partial charge in [0.15, 0.2) is 0 Å². The molecule has 1 heterocycles. The van der Waals surface area contributed by atoms with Crippen LogP contribution in [0, 0.1) is 0 Å². The Kier molecular flexibility index (Phi) is 4.46. The highest BCUT2D eigenvalue weighted by Crippen LogP contribution is 2.33. The monoisotopic (exact) mass is 384 g/mol. The lowest BCUT2D eigenvalue weighted by atomic mass is 10.1. The Morgan fingerprint density at radius 1 is 1.17 bits per heavy atom. The lowest BCUT2D eigenvalue weighted by Crippen LogP contribution is -2.27. The molecular weight excluding hydrogens is 371 g/mol. The summed E-state index contributed by atoms with van der Waals surface area (Å²) in [5, 5.41) is 3.42. The first-order valence-electron chi connectivity index (χ1n) is 7.13. The third kappa shape index (κ3) is 3.36. The van der Waals surface area contributed by atoms with Crippen LogP contribution >= 0.6 is 23.2 Å². The van der Waals surface area contributed by atoms with Crippen molar-refractivity contribution in [1.82, 2.24) is 0 Å². The predicted molar refractivity (Wildman–Crippen MR) is 96.8 cm³/mol. The topological polar surface area (TPSA) is 66.5 Å². The Bertz CT molecular complexity index is 929. The van der Waals surface area contributed by atoms with Gasteiger partial charge in [-0.15, -0.1) is 0 Å². The molecule has 0 fully saturated rings. The van der Waals surface area contributed by atoms with E-state index in [1.807, 2.05) is 6.07 Å². The molecule has 2 aromatic rings. The lowest BCUT2D eigenvalue weighted by molar-refractivity contribution is 0.102. The van der Waals surface area contributed by atoms with Crippen LogP contribution in [0.25, 0.3) is 0 Å². The molecule has 8 heteroatoms. The van der Waals surface area contributed by atoms with Crippen molar-refractivity contribution in [3.05, 3.63) is 57.6 Å². The van der Waals surface area contributed by atoms with E-state index in [1.54, 1.807) is 18.2 Å². The van der Waals surface area contributed by atoms with Gasteiger partial charge in [0.25, 0.3) is 5.91 Å². The van der Waals surface area contributed by atoms with Gasteiger partial charge < -0.3 is 5.32 Å². The number of carbonyl (C=O) groups excluding carboxylic acids is 1. The fraction of sp³-hybridized carbons (Fsp3) is 0.188. The van der Waals surface area contributed by atoms with Crippen LogP contribution in [0.1, 0.15) is 15.9 Å². The molecule has 24 heavy (non-hydrogen) atoms. The highest BCUT2D eigenvalue weighted by Gasteiger charge is 2.26. The molecule has 0 saturated carbocycles. The summed E-state index contributed by atoms with van der Waals surface area (Å²) in [5.74, 6) is -0.388. The van der Waals surface area contributed by atoms with Crippen molar-refractivity contribution in [2.75, 3.05) is 22.4 Å². The molecule has 0 aromatic heterocycles. The number of fused-ring (bicyclic) bond motifs is 1. The average molecular weight is 385 g/mol. The molecule has 0 unspecified atom stereocenters. The highest BCUT2D eigenvalue weighted by molar-refractivity contribution is 7.92. The van der Waals surface area contributed by atoms with Crippen molar-refractivity contribution in [1.29, 1.82) is 0 Å². The molecule has 0 aliphatic carbocycles. The SMILES string of the molecule is CS(=O)(=O)N1CCc2ccc(NC(=O)c3ccc(Cl)cc3Cl)cc21. The van der Waals surface area contributed by atoms with Gasteiger partial charge in [-0.3, -0.25) is 9.10 Å². The van der Waals surface area contributed by atoms with E-state index >= 15 is 0 Å². The molecule has 0 saturated heterocycles. The molecular formula is C16H14Cl2N2O3S. The lowest BCUT2D eigenvalue weighted by Gasteiger charge is -2.17. The minimum absolute atomic E-state index is 0.249. The second-order valence-corrected chi connectivity index (χ2v) is 8.26. The summed E-state index contributed by atoms with van der Waals surface area (Å²) in [6, 6.07) is 9.83. The largest absolute Gasteiger partial charge is 0.322 e. The number of nitrogens with one attached hydrogen (secondary N) is 1. The molecule has 0 bridgehead atoms. The summed E-state index contributed by atoms with van der Waals surface area (Å²) in [5.41, 5.74) is 2.32. The molecule has 126 valence electrons. The van der Waals surface area contributed by atoms with Crippen molar-refractivity contribution < 1.29 is 13.2 Å². The predicted octanol–water partition coefficient (Wildman–Crippen LogP) is 3.57. The Morgan fingerprint density at radius 3 is 2.58 bits per heavy atom. The van der Waals surface area contributed by atoms with E-state index in [2.05, 4.69) is 5.32 Å². The van der Waals surface area contributed by atoms with Crippen LogP contribution in [0.15, 0.2) is 36.4 Å².